The molecule has 0 N–H and O–H groups in total. The van der Waals surface area contributed by atoms with Crippen molar-refractivity contribution >= 4 is 16.8 Å². The Labute approximate surface area is 103 Å². The first-order valence-electron chi connectivity index (χ1n) is 5.82. The molecule has 0 radical (unpaired) electrons. The molecule has 0 aliphatic carbocycles. The molecule has 88 valence electrons. The second-order valence-corrected chi connectivity index (χ2v) is 4.98. The Kier molecular flexibility index (Phi) is 5.01. The summed E-state index contributed by atoms with van der Waals surface area (Å²) in [6.45, 7) is 6.38. The summed E-state index contributed by atoms with van der Waals surface area (Å²) in [6.07, 6.45) is 1.83. The Hall–Kier alpha value is -0.820. The zero-order valence-corrected chi connectivity index (χ0v) is 10.9. The standard InChI is InChI=1S/C14H19ClO/c1-4-13(14(15)16)12-7-5-11(6-8-12)9-10(2)3/h5-8,10,13H,4,9H2,1-3H3. The summed E-state index contributed by atoms with van der Waals surface area (Å²) in [5.41, 5.74) is 2.34. The van der Waals surface area contributed by atoms with Gasteiger partial charge in [-0.05, 0) is 41.5 Å². The maximum Gasteiger partial charge on any atom is 0.229 e. The van der Waals surface area contributed by atoms with Crippen molar-refractivity contribution in [1.82, 2.24) is 0 Å². The van der Waals surface area contributed by atoms with E-state index in [1.54, 1.807) is 0 Å². The summed E-state index contributed by atoms with van der Waals surface area (Å²) in [7, 11) is 0. The van der Waals surface area contributed by atoms with Crippen LogP contribution in [0.25, 0.3) is 0 Å². The molecule has 0 aliphatic rings. The van der Waals surface area contributed by atoms with Gasteiger partial charge in [0.25, 0.3) is 0 Å². The molecule has 0 bridgehead atoms. The first-order valence-corrected chi connectivity index (χ1v) is 6.20. The van der Waals surface area contributed by atoms with Crippen molar-refractivity contribution < 1.29 is 4.79 Å². The van der Waals surface area contributed by atoms with Crippen molar-refractivity contribution in [3.63, 3.8) is 0 Å². The molecule has 0 saturated carbocycles. The molecule has 1 rings (SSSR count). The van der Waals surface area contributed by atoms with Crippen molar-refractivity contribution in [2.75, 3.05) is 0 Å². The number of benzene rings is 1. The molecular weight excluding hydrogens is 220 g/mol. The molecule has 0 fully saturated rings. The maximum atomic E-state index is 11.2. The minimum Gasteiger partial charge on any atom is -0.281 e. The third-order valence-corrected chi connectivity index (χ3v) is 2.97. The van der Waals surface area contributed by atoms with E-state index in [1.807, 2.05) is 19.1 Å². The van der Waals surface area contributed by atoms with Crippen LogP contribution in [0.4, 0.5) is 0 Å². The highest BCUT2D eigenvalue weighted by molar-refractivity contribution is 6.64. The number of rotatable bonds is 5. The number of hydrogen-bond acceptors (Lipinski definition) is 1. The molecule has 0 aromatic heterocycles. The molecule has 0 spiro atoms. The van der Waals surface area contributed by atoms with Crippen LogP contribution >= 0.6 is 11.6 Å². The minimum atomic E-state index is -0.265. The van der Waals surface area contributed by atoms with Gasteiger partial charge in [-0.25, -0.2) is 0 Å². The van der Waals surface area contributed by atoms with Gasteiger partial charge in [0.05, 0.1) is 5.92 Å². The van der Waals surface area contributed by atoms with Gasteiger partial charge in [0.2, 0.25) is 5.24 Å². The number of carbonyl (C=O) groups is 1. The first-order chi connectivity index (χ1) is 7.54. The SMILES string of the molecule is CCC(C(=O)Cl)c1ccc(CC(C)C)cc1. The highest BCUT2D eigenvalue weighted by atomic mass is 35.5. The smallest absolute Gasteiger partial charge is 0.229 e. The molecular formula is C14H19ClO. The van der Waals surface area contributed by atoms with Crippen LogP contribution in [0.1, 0.15) is 44.2 Å². The van der Waals surface area contributed by atoms with Gasteiger partial charge < -0.3 is 0 Å². The van der Waals surface area contributed by atoms with Gasteiger partial charge in [0.1, 0.15) is 0 Å². The number of carbonyl (C=O) groups excluding carboxylic acids is 1. The lowest BCUT2D eigenvalue weighted by Gasteiger charge is -2.11. The van der Waals surface area contributed by atoms with Crippen LogP contribution in [-0.4, -0.2) is 5.24 Å². The fourth-order valence-electron chi connectivity index (χ4n) is 1.88. The van der Waals surface area contributed by atoms with Crippen LogP contribution in [0.2, 0.25) is 0 Å². The molecule has 1 atom stereocenters. The predicted molar refractivity (Wildman–Crippen MR) is 68.9 cm³/mol. The second kappa shape index (κ2) is 6.05. The fraction of sp³-hybridized carbons (Fsp3) is 0.500. The largest absolute Gasteiger partial charge is 0.281 e. The molecule has 1 unspecified atom stereocenters. The van der Waals surface area contributed by atoms with E-state index in [0.29, 0.717) is 5.92 Å². The van der Waals surface area contributed by atoms with Crippen molar-refractivity contribution in [2.24, 2.45) is 5.92 Å². The van der Waals surface area contributed by atoms with Crippen molar-refractivity contribution in [3.05, 3.63) is 35.4 Å². The van der Waals surface area contributed by atoms with E-state index < -0.39 is 0 Å². The molecule has 0 amide bonds. The van der Waals surface area contributed by atoms with Crippen LogP contribution in [-0.2, 0) is 11.2 Å². The van der Waals surface area contributed by atoms with Gasteiger partial charge in [-0.15, -0.1) is 0 Å². The lowest BCUT2D eigenvalue weighted by molar-refractivity contribution is -0.113. The van der Waals surface area contributed by atoms with Gasteiger partial charge in [-0.1, -0.05) is 45.0 Å². The summed E-state index contributed by atoms with van der Waals surface area (Å²) >= 11 is 5.56. The summed E-state index contributed by atoms with van der Waals surface area (Å²) < 4.78 is 0. The van der Waals surface area contributed by atoms with E-state index in [1.165, 1.54) is 5.56 Å². The first kappa shape index (κ1) is 13.2. The molecule has 0 saturated heterocycles. The van der Waals surface area contributed by atoms with Gasteiger partial charge in [0, 0.05) is 0 Å². The van der Waals surface area contributed by atoms with Crippen LogP contribution in [0.5, 0.6) is 0 Å². The Morgan fingerprint density at radius 3 is 2.19 bits per heavy atom. The summed E-state index contributed by atoms with van der Waals surface area (Å²) in [5.74, 6) is 0.497. The molecule has 1 nitrogen and oxygen atoms in total. The second-order valence-electron chi connectivity index (χ2n) is 4.60. The highest BCUT2D eigenvalue weighted by Crippen LogP contribution is 2.23. The number of hydrogen-bond donors (Lipinski definition) is 0. The molecule has 1 aromatic rings. The van der Waals surface area contributed by atoms with Gasteiger partial charge in [-0.3, -0.25) is 4.79 Å². The average Bonchev–Trinajstić information content (AvgIpc) is 2.20. The summed E-state index contributed by atoms with van der Waals surface area (Å²) in [6, 6.07) is 8.23. The third-order valence-electron chi connectivity index (χ3n) is 2.71. The molecule has 0 heterocycles. The fourth-order valence-corrected chi connectivity index (χ4v) is 2.16. The van der Waals surface area contributed by atoms with E-state index in [2.05, 4.69) is 26.0 Å². The van der Waals surface area contributed by atoms with E-state index in [-0.39, 0.29) is 11.2 Å². The molecule has 2 heteroatoms. The van der Waals surface area contributed by atoms with E-state index in [0.717, 1.165) is 18.4 Å². The van der Waals surface area contributed by atoms with E-state index in [9.17, 15) is 4.79 Å². The zero-order valence-electron chi connectivity index (χ0n) is 10.2. The Bertz CT molecular complexity index is 340. The zero-order chi connectivity index (χ0) is 12.1. The highest BCUT2D eigenvalue weighted by Gasteiger charge is 2.15. The topological polar surface area (TPSA) is 17.1 Å². The number of halogens is 1. The molecule has 16 heavy (non-hydrogen) atoms. The monoisotopic (exact) mass is 238 g/mol. The molecule has 1 aromatic carbocycles. The Morgan fingerprint density at radius 1 is 1.25 bits per heavy atom. The van der Waals surface area contributed by atoms with Crippen molar-refractivity contribution in [1.29, 1.82) is 0 Å². The minimum absolute atomic E-state index is 0.158. The lowest BCUT2D eigenvalue weighted by atomic mass is 9.95. The maximum absolute atomic E-state index is 11.2. The molecule has 0 aliphatic heterocycles. The average molecular weight is 239 g/mol. The van der Waals surface area contributed by atoms with Gasteiger partial charge >= 0.3 is 0 Å². The van der Waals surface area contributed by atoms with Crippen molar-refractivity contribution in [2.45, 2.75) is 39.5 Å². The third kappa shape index (κ3) is 3.64. The van der Waals surface area contributed by atoms with Crippen LogP contribution < -0.4 is 0 Å². The summed E-state index contributed by atoms with van der Waals surface area (Å²) in [4.78, 5) is 11.2. The quantitative estimate of drug-likeness (QED) is 0.705. The van der Waals surface area contributed by atoms with Crippen LogP contribution in [0.3, 0.4) is 0 Å². The summed E-state index contributed by atoms with van der Waals surface area (Å²) in [5, 5.41) is -0.265. The van der Waals surface area contributed by atoms with Crippen LogP contribution in [0, 0.1) is 5.92 Å². The predicted octanol–water partition coefficient (Wildman–Crippen LogP) is 4.14. The van der Waals surface area contributed by atoms with Gasteiger partial charge in [-0.2, -0.15) is 0 Å². The van der Waals surface area contributed by atoms with E-state index in [4.69, 9.17) is 11.6 Å². The Morgan fingerprint density at radius 2 is 1.81 bits per heavy atom. The Balaban J connectivity index is 2.81. The van der Waals surface area contributed by atoms with Gasteiger partial charge in [0.15, 0.2) is 0 Å². The lowest BCUT2D eigenvalue weighted by Crippen LogP contribution is -2.05. The normalized spacial score (nSPS) is 12.8. The van der Waals surface area contributed by atoms with E-state index >= 15 is 0 Å². The van der Waals surface area contributed by atoms with Crippen molar-refractivity contribution in [3.8, 4) is 0 Å². The van der Waals surface area contributed by atoms with Crippen LogP contribution in [0.15, 0.2) is 24.3 Å².